The van der Waals surface area contributed by atoms with E-state index in [4.69, 9.17) is 16.2 Å². The zero-order chi connectivity index (χ0) is 21.4. The highest BCUT2D eigenvalue weighted by Crippen LogP contribution is 2.35. The van der Waals surface area contributed by atoms with Crippen molar-refractivity contribution >= 4 is 5.69 Å². The number of aryl methyl sites for hydroxylation is 1. The molecule has 0 spiro atoms. The SMILES string of the molecule is Cc1nccn1-c1ccc(N2C3=C(CNCC3)C(N)N(CC3CCOCC3)C2N)cc1. The molecule has 2 atom stereocenters. The van der Waals surface area contributed by atoms with Crippen LogP contribution in [0.4, 0.5) is 5.69 Å². The van der Waals surface area contributed by atoms with Gasteiger partial charge in [-0.25, -0.2) is 4.98 Å². The lowest BCUT2D eigenvalue weighted by atomic mass is 9.95. The highest BCUT2D eigenvalue weighted by atomic mass is 16.5. The van der Waals surface area contributed by atoms with E-state index >= 15 is 0 Å². The molecule has 1 saturated heterocycles. The topological polar surface area (TPSA) is 97.6 Å². The van der Waals surface area contributed by atoms with Crippen molar-refractivity contribution in [1.29, 1.82) is 0 Å². The molecule has 8 heteroatoms. The number of nitrogens with two attached hydrogens (primary N) is 2. The molecule has 0 bridgehead atoms. The van der Waals surface area contributed by atoms with Gasteiger partial charge in [0.15, 0.2) is 0 Å². The molecule has 1 aromatic heterocycles. The average Bonchev–Trinajstić information content (AvgIpc) is 3.24. The van der Waals surface area contributed by atoms with Crippen LogP contribution in [-0.2, 0) is 4.74 Å². The van der Waals surface area contributed by atoms with Crippen molar-refractivity contribution in [1.82, 2.24) is 19.8 Å². The molecule has 4 heterocycles. The van der Waals surface area contributed by atoms with Crippen LogP contribution in [0.15, 0.2) is 47.9 Å². The monoisotopic (exact) mass is 423 g/mol. The number of nitrogens with one attached hydrogen (secondary N) is 1. The maximum absolute atomic E-state index is 6.90. The molecule has 1 aromatic carbocycles. The predicted molar refractivity (Wildman–Crippen MR) is 121 cm³/mol. The molecule has 0 aliphatic carbocycles. The van der Waals surface area contributed by atoms with Crippen molar-refractivity contribution in [2.45, 2.75) is 38.6 Å². The van der Waals surface area contributed by atoms with Crippen LogP contribution < -0.4 is 21.7 Å². The Balaban J connectivity index is 1.46. The molecule has 0 amide bonds. The smallest absolute Gasteiger partial charge is 0.140 e. The lowest BCUT2D eigenvalue weighted by Gasteiger charge is -2.50. The van der Waals surface area contributed by atoms with E-state index in [0.717, 1.165) is 69.3 Å². The molecule has 2 aromatic rings. The lowest BCUT2D eigenvalue weighted by molar-refractivity contribution is 0.0353. The summed E-state index contributed by atoms with van der Waals surface area (Å²) < 4.78 is 7.64. The van der Waals surface area contributed by atoms with Crippen LogP contribution in [-0.4, -0.2) is 59.8 Å². The maximum Gasteiger partial charge on any atom is 0.140 e. The fraction of sp³-hybridized carbons (Fsp3) is 0.522. The fourth-order valence-corrected chi connectivity index (χ4v) is 5.10. The molecule has 5 N–H and O–H groups in total. The van der Waals surface area contributed by atoms with Crippen molar-refractivity contribution in [3.63, 3.8) is 0 Å². The minimum atomic E-state index is -0.282. The van der Waals surface area contributed by atoms with Crippen LogP contribution >= 0.6 is 0 Å². The minimum Gasteiger partial charge on any atom is -0.381 e. The van der Waals surface area contributed by atoms with E-state index < -0.39 is 0 Å². The Kier molecular flexibility index (Phi) is 5.81. The summed E-state index contributed by atoms with van der Waals surface area (Å²) in [5, 5.41) is 3.50. The molecule has 0 saturated carbocycles. The third-order valence-electron chi connectivity index (χ3n) is 6.88. The van der Waals surface area contributed by atoms with Gasteiger partial charge in [-0.2, -0.15) is 0 Å². The normalized spacial score (nSPS) is 25.7. The molecule has 0 radical (unpaired) electrons. The Morgan fingerprint density at radius 3 is 2.58 bits per heavy atom. The van der Waals surface area contributed by atoms with Crippen LogP contribution in [0.2, 0.25) is 0 Å². The molecule has 3 aliphatic heterocycles. The molecular weight excluding hydrogens is 390 g/mol. The molecule has 31 heavy (non-hydrogen) atoms. The van der Waals surface area contributed by atoms with E-state index in [1.807, 2.05) is 19.3 Å². The Morgan fingerprint density at radius 2 is 1.87 bits per heavy atom. The number of imidazole rings is 1. The molecular formula is C23H33N7O. The van der Waals surface area contributed by atoms with Gasteiger partial charge in [0.25, 0.3) is 0 Å². The molecule has 3 aliphatic rings. The van der Waals surface area contributed by atoms with Crippen LogP contribution in [0, 0.1) is 12.8 Å². The van der Waals surface area contributed by atoms with Crippen LogP contribution in [0.3, 0.4) is 0 Å². The summed E-state index contributed by atoms with van der Waals surface area (Å²) in [6.07, 6.45) is 6.45. The summed E-state index contributed by atoms with van der Waals surface area (Å²) in [4.78, 5) is 8.90. The van der Waals surface area contributed by atoms with Gasteiger partial charge >= 0.3 is 0 Å². The fourth-order valence-electron chi connectivity index (χ4n) is 5.10. The molecule has 8 nitrogen and oxygen atoms in total. The Hall–Kier alpha value is -2.23. The number of hydrogen-bond acceptors (Lipinski definition) is 7. The molecule has 2 unspecified atom stereocenters. The van der Waals surface area contributed by atoms with Crippen molar-refractivity contribution in [2.24, 2.45) is 17.4 Å². The summed E-state index contributed by atoms with van der Waals surface area (Å²) in [6.45, 7) is 6.33. The third-order valence-corrected chi connectivity index (χ3v) is 6.88. The second kappa shape index (κ2) is 8.72. The van der Waals surface area contributed by atoms with Crippen LogP contribution in [0.5, 0.6) is 0 Å². The molecule has 166 valence electrons. The summed E-state index contributed by atoms with van der Waals surface area (Å²) >= 11 is 0. The number of rotatable bonds is 4. The highest BCUT2D eigenvalue weighted by Gasteiger charge is 2.39. The van der Waals surface area contributed by atoms with E-state index in [9.17, 15) is 0 Å². The first-order valence-electron chi connectivity index (χ1n) is 11.3. The van der Waals surface area contributed by atoms with E-state index in [-0.39, 0.29) is 12.5 Å². The molecule has 1 fully saturated rings. The number of benzene rings is 1. The van der Waals surface area contributed by atoms with Crippen molar-refractivity contribution in [3.05, 3.63) is 53.8 Å². The van der Waals surface area contributed by atoms with E-state index in [0.29, 0.717) is 5.92 Å². The van der Waals surface area contributed by atoms with Crippen LogP contribution in [0.25, 0.3) is 5.69 Å². The summed E-state index contributed by atoms with van der Waals surface area (Å²) in [6, 6.07) is 8.58. The number of aromatic nitrogens is 2. The first-order valence-corrected chi connectivity index (χ1v) is 11.3. The largest absolute Gasteiger partial charge is 0.381 e. The number of ether oxygens (including phenoxy) is 1. The summed E-state index contributed by atoms with van der Waals surface area (Å²) in [5.41, 5.74) is 18.4. The van der Waals surface area contributed by atoms with Gasteiger partial charge in [0, 0.05) is 68.7 Å². The van der Waals surface area contributed by atoms with Crippen LogP contribution in [0.1, 0.15) is 25.1 Å². The van der Waals surface area contributed by atoms with Gasteiger partial charge in [0.2, 0.25) is 0 Å². The zero-order valence-electron chi connectivity index (χ0n) is 18.2. The minimum absolute atomic E-state index is 0.148. The number of hydrogen-bond donors (Lipinski definition) is 3. The first kappa shape index (κ1) is 20.7. The Morgan fingerprint density at radius 1 is 1.13 bits per heavy atom. The second-order valence-corrected chi connectivity index (χ2v) is 8.74. The van der Waals surface area contributed by atoms with Gasteiger partial charge in [-0.3, -0.25) is 10.6 Å². The number of nitrogens with zero attached hydrogens (tertiary/aromatic N) is 4. The Labute approximate surface area is 183 Å². The first-order chi connectivity index (χ1) is 15.1. The summed E-state index contributed by atoms with van der Waals surface area (Å²) in [7, 11) is 0. The molecule has 5 rings (SSSR count). The predicted octanol–water partition coefficient (Wildman–Crippen LogP) is 1.50. The second-order valence-electron chi connectivity index (χ2n) is 8.74. The Bertz CT molecular complexity index is 932. The quantitative estimate of drug-likeness (QED) is 0.686. The van der Waals surface area contributed by atoms with Gasteiger partial charge in [0.1, 0.15) is 12.1 Å². The third kappa shape index (κ3) is 3.90. The summed E-state index contributed by atoms with van der Waals surface area (Å²) in [5.74, 6) is 1.54. The van der Waals surface area contributed by atoms with Crippen molar-refractivity contribution in [2.75, 3.05) is 37.7 Å². The van der Waals surface area contributed by atoms with Gasteiger partial charge in [-0.05, 0) is 55.5 Å². The van der Waals surface area contributed by atoms with E-state index in [1.54, 1.807) is 0 Å². The lowest BCUT2D eigenvalue weighted by Crippen LogP contribution is -2.66. The van der Waals surface area contributed by atoms with Gasteiger partial charge in [0.05, 0.1) is 6.17 Å². The van der Waals surface area contributed by atoms with Gasteiger partial charge < -0.3 is 25.3 Å². The average molecular weight is 424 g/mol. The van der Waals surface area contributed by atoms with Crippen molar-refractivity contribution < 1.29 is 4.74 Å². The zero-order valence-corrected chi connectivity index (χ0v) is 18.2. The standard InChI is InChI=1S/C23H33N7O/c1-16-27-10-11-28(16)18-2-4-19(5-3-18)30-21-6-9-26-14-20(21)22(24)29(23(30)25)15-17-7-12-31-13-8-17/h2-5,10-11,17,22-23,26H,6-9,12-15,24-25H2,1H3. The van der Waals surface area contributed by atoms with E-state index in [1.165, 1.54) is 11.3 Å². The highest BCUT2D eigenvalue weighted by molar-refractivity contribution is 5.58. The van der Waals surface area contributed by atoms with Crippen molar-refractivity contribution in [3.8, 4) is 5.69 Å². The van der Waals surface area contributed by atoms with Gasteiger partial charge in [-0.15, -0.1) is 0 Å². The van der Waals surface area contributed by atoms with E-state index in [2.05, 4.69) is 48.9 Å². The number of anilines is 1. The maximum atomic E-state index is 6.90. The van der Waals surface area contributed by atoms with Gasteiger partial charge in [-0.1, -0.05) is 0 Å².